The highest BCUT2D eigenvalue weighted by Crippen LogP contribution is 2.30. The van der Waals surface area contributed by atoms with Gasteiger partial charge in [-0.25, -0.2) is 0 Å². The van der Waals surface area contributed by atoms with Gasteiger partial charge in [0.2, 0.25) is 21.8 Å². The number of amides is 3. The van der Waals surface area contributed by atoms with E-state index in [4.69, 9.17) is 28.4 Å². The summed E-state index contributed by atoms with van der Waals surface area (Å²) >= 11 is 0. The number of hydrogen-bond acceptors (Lipinski definition) is 14. The number of nitrogens with zero attached hydrogens (tertiary/aromatic N) is 4. The van der Waals surface area contributed by atoms with Crippen LogP contribution in [0.25, 0.3) is 0 Å². The van der Waals surface area contributed by atoms with Gasteiger partial charge in [0.25, 0.3) is 17.7 Å². The third-order valence-corrected chi connectivity index (χ3v) is 13.0. The number of hydrogen-bond donors (Lipinski definition) is 3. The second kappa shape index (κ2) is 31.1. The van der Waals surface area contributed by atoms with Crippen molar-refractivity contribution < 1.29 is 47.7 Å². The summed E-state index contributed by atoms with van der Waals surface area (Å²) in [6, 6.07) is 31.4. The first-order chi connectivity index (χ1) is 38.4. The molecule has 0 bridgehead atoms. The number of methoxy groups -OCH3 is 3. The van der Waals surface area contributed by atoms with Crippen LogP contribution >= 0.6 is 0 Å². The van der Waals surface area contributed by atoms with Crippen molar-refractivity contribution in [2.45, 2.75) is 83.5 Å². The van der Waals surface area contributed by atoms with Crippen LogP contribution in [0.1, 0.15) is 86.7 Å². The molecule has 0 fully saturated rings. The van der Waals surface area contributed by atoms with E-state index in [9.17, 15) is 38.9 Å². The minimum atomic E-state index is -1.65. The van der Waals surface area contributed by atoms with Gasteiger partial charge in [-0.15, -0.1) is 0 Å². The molecule has 6 aromatic rings. The van der Waals surface area contributed by atoms with Crippen molar-refractivity contribution in [3.63, 3.8) is 0 Å². The maximum absolute atomic E-state index is 14.1. The number of nitro groups is 1. The summed E-state index contributed by atoms with van der Waals surface area (Å²) in [7, 11) is 4.53. The normalized spacial score (nSPS) is 11.2. The van der Waals surface area contributed by atoms with Crippen LogP contribution in [0.5, 0.6) is 17.2 Å². The van der Waals surface area contributed by atoms with E-state index < -0.39 is 39.5 Å². The van der Waals surface area contributed by atoms with Crippen molar-refractivity contribution in [1.29, 1.82) is 0 Å². The fourth-order valence-corrected chi connectivity index (χ4v) is 8.86. The summed E-state index contributed by atoms with van der Waals surface area (Å²) in [5.74, 6) is -2.39. The molecule has 3 aromatic carbocycles. The van der Waals surface area contributed by atoms with Crippen molar-refractivity contribution in [2.24, 2.45) is 0 Å². The summed E-state index contributed by atoms with van der Waals surface area (Å²) in [5.41, 5.74) is -0.961. The van der Waals surface area contributed by atoms with Crippen LogP contribution < -0.4 is 46.4 Å². The molecule has 420 valence electrons. The van der Waals surface area contributed by atoms with E-state index in [-0.39, 0.29) is 157 Å². The van der Waals surface area contributed by atoms with Crippen molar-refractivity contribution in [3.8, 4) is 17.2 Å². The van der Waals surface area contributed by atoms with Gasteiger partial charge >= 0.3 is 0 Å². The zero-order valence-corrected chi connectivity index (χ0v) is 44.9. The van der Waals surface area contributed by atoms with Gasteiger partial charge < -0.3 is 58.1 Å². The van der Waals surface area contributed by atoms with E-state index in [1.165, 1.54) is 58.1 Å². The van der Waals surface area contributed by atoms with E-state index >= 15 is 0 Å². The Kier molecular flexibility index (Phi) is 23.6. The number of rotatable bonds is 34. The lowest BCUT2D eigenvalue weighted by Gasteiger charge is -2.26. The van der Waals surface area contributed by atoms with Gasteiger partial charge in [-0.05, 0) is 36.0 Å². The second-order valence-electron chi connectivity index (χ2n) is 18.5. The first-order valence-electron chi connectivity index (χ1n) is 26.1. The minimum absolute atomic E-state index is 0.0149. The smallest absolute Gasteiger partial charge is 0.271 e. The van der Waals surface area contributed by atoms with Gasteiger partial charge in [0.05, 0.1) is 19.8 Å². The highest BCUT2D eigenvalue weighted by atomic mass is 16.6. The highest BCUT2D eigenvalue weighted by Gasteiger charge is 2.41. The Morgan fingerprint density at radius 3 is 1.00 bits per heavy atom. The van der Waals surface area contributed by atoms with Gasteiger partial charge in [-0.3, -0.25) is 38.9 Å². The maximum Gasteiger partial charge on any atom is 0.271 e. The first-order valence-corrected chi connectivity index (χ1v) is 26.1. The molecular formula is C58H69N7O14. The molecule has 0 radical (unpaired) electrons. The van der Waals surface area contributed by atoms with Crippen molar-refractivity contribution in [2.75, 3.05) is 60.8 Å². The monoisotopic (exact) mass is 1090 g/mol. The molecule has 0 unspecified atom stereocenters. The molecule has 21 nitrogen and oxygen atoms in total. The fraction of sp³-hybridized carbons (Fsp3) is 0.379. The largest absolute Gasteiger partial charge is 0.483 e. The average molecular weight is 1090 g/mol. The van der Waals surface area contributed by atoms with Gasteiger partial charge in [0.1, 0.15) is 19.8 Å². The average Bonchev–Trinajstić information content (AvgIpc) is 3.46. The maximum atomic E-state index is 14.1. The molecule has 0 spiro atoms. The molecular weight excluding hydrogens is 1020 g/mol. The summed E-state index contributed by atoms with van der Waals surface area (Å²) in [6.07, 6.45) is 4.60. The molecule has 3 heterocycles. The molecule has 3 amide bonds. The summed E-state index contributed by atoms with van der Waals surface area (Å²) in [5, 5.41) is 22.0. The zero-order valence-electron chi connectivity index (χ0n) is 44.9. The molecule has 0 saturated heterocycles. The molecule has 0 atom stereocenters. The van der Waals surface area contributed by atoms with E-state index in [1.54, 1.807) is 13.7 Å². The number of nitrogens with one attached hydrogen (secondary N) is 3. The van der Waals surface area contributed by atoms with Crippen molar-refractivity contribution >= 4 is 17.7 Å². The van der Waals surface area contributed by atoms with Crippen LogP contribution in [0.2, 0.25) is 0 Å². The van der Waals surface area contributed by atoms with Gasteiger partial charge in [0, 0.05) is 122 Å². The predicted octanol–water partition coefficient (Wildman–Crippen LogP) is 5.79. The SMILES string of the molecule is COCCn1ccc(=O)c(OCc2ccccc2)c1C(=O)NCCCC(CCCNC(=O)c1c(OCc2ccccc2)c(=O)ccn1CCOC)(CCCNC(=O)c1c(OCc2ccccc2)c(=O)ccn1CCOC)[N+](=O)[O-]. The number of pyridine rings is 3. The number of benzene rings is 3. The van der Waals surface area contributed by atoms with Crippen LogP contribution in [0.3, 0.4) is 0 Å². The summed E-state index contributed by atoms with van der Waals surface area (Å²) in [4.78, 5) is 95.0. The molecule has 0 saturated carbocycles. The van der Waals surface area contributed by atoms with E-state index in [0.717, 1.165) is 16.7 Å². The summed E-state index contributed by atoms with van der Waals surface area (Å²) in [6.45, 7) is 1.24. The molecule has 3 N–H and O–H groups in total. The Balaban J connectivity index is 1.20. The second-order valence-corrected chi connectivity index (χ2v) is 18.5. The molecule has 0 aliphatic carbocycles. The predicted molar refractivity (Wildman–Crippen MR) is 294 cm³/mol. The van der Waals surface area contributed by atoms with Crippen LogP contribution in [0.15, 0.2) is 142 Å². The van der Waals surface area contributed by atoms with Crippen LogP contribution in [0, 0.1) is 10.1 Å². The lowest BCUT2D eigenvalue weighted by Crippen LogP contribution is -2.41. The number of carbonyl (C=O) groups is 3. The van der Waals surface area contributed by atoms with Gasteiger partial charge in [-0.2, -0.15) is 0 Å². The molecule has 0 aliphatic rings. The molecule has 0 aliphatic heterocycles. The Bertz CT molecular complexity index is 2790. The number of aromatic nitrogens is 3. The van der Waals surface area contributed by atoms with Gasteiger partial charge in [-0.1, -0.05) is 91.0 Å². The first kappa shape index (κ1) is 59.8. The van der Waals surface area contributed by atoms with Crippen molar-refractivity contribution in [1.82, 2.24) is 29.7 Å². The van der Waals surface area contributed by atoms with E-state index in [1.807, 2.05) is 91.0 Å². The Morgan fingerprint density at radius 2 is 0.747 bits per heavy atom. The zero-order chi connectivity index (χ0) is 56.4. The van der Waals surface area contributed by atoms with E-state index in [0.29, 0.717) is 0 Å². The van der Waals surface area contributed by atoms with Gasteiger partial charge in [0.15, 0.2) is 34.3 Å². The lowest BCUT2D eigenvalue weighted by molar-refractivity contribution is -0.574. The van der Waals surface area contributed by atoms with Crippen LogP contribution in [0.4, 0.5) is 0 Å². The number of carbonyl (C=O) groups excluding carboxylic acids is 3. The number of ether oxygens (including phenoxy) is 6. The minimum Gasteiger partial charge on any atom is -0.483 e. The third kappa shape index (κ3) is 17.3. The molecule has 6 rings (SSSR count). The highest BCUT2D eigenvalue weighted by molar-refractivity contribution is 5.96. The van der Waals surface area contributed by atoms with Crippen LogP contribution in [-0.2, 0) is 53.7 Å². The Morgan fingerprint density at radius 1 is 0.468 bits per heavy atom. The van der Waals surface area contributed by atoms with Crippen LogP contribution in [-0.4, -0.2) is 103 Å². The molecule has 79 heavy (non-hydrogen) atoms. The summed E-state index contributed by atoms with van der Waals surface area (Å²) < 4.78 is 38.4. The third-order valence-electron chi connectivity index (χ3n) is 13.0. The quantitative estimate of drug-likeness (QED) is 0.0246. The molecule has 3 aromatic heterocycles. The topological polar surface area (TPSA) is 252 Å². The molecule has 21 heteroatoms. The standard InChI is InChI=1S/C58H69N7O14/c1-74-37-34-62-31-22-46(66)52(77-40-43-16-7-4-8-17-43)49(62)55(69)59-28-13-25-58(65(72)73,26-14-29-60-56(70)50-53(78-41-44-18-9-5-10-19-44)47(67)23-32-63(50)35-38-75-2)27-15-30-61-57(71)51-54(79-42-45-20-11-6-12-21-45)48(68)24-33-64(51)36-39-76-3/h4-12,16-24,31-33H,13-15,25-30,34-42H2,1-3H3,(H,59,69)(H,60,70)(H,61,71). The van der Waals surface area contributed by atoms with Crippen molar-refractivity contribution in [3.05, 3.63) is 202 Å². The van der Waals surface area contributed by atoms with E-state index in [2.05, 4.69) is 16.0 Å². The Hall–Kier alpha value is -8.40. The fourth-order valence-electron chi connectivity index (χ4n) is 8.86. The lowest BCUT2D eigenvalue weighted by atomic mass is 9.84. The Labute approximate surface area is 457 Å².